The van der Waals surface area contributed by atoms with Crippen molar-refractivity contribution in [1.82, 2.24) is 14.9 Å². The Bertz CT molecular complexity index is 993. The lowest BCUT2D eigenvalue weighted by Crippen LogP contribution is -2.39. The number of nitrogens with zero attached hydrogens (tertiary/aromatic N) is 3. The summed E-state index contributed by atoms with van der Waals surface area (Å²) < 4.78 is 29.9. The van der Waals surface area contributed by atoms with Gasteiger partial charge in [-0.1, -0.05) is 12.1 Å². The third-order valence-electron chi connectivity index (χ3n) is 4.22. The van der Waals surface area contributed by atoms with Gasteiger partial charge in [0, 0.05) is 11.6 Å². The van der Waals surface area contributed by atoms with Gasteiger partial charge in [0.25, 0.3) is 0 Å². The van der Waals surface area contributed by atoms with Crippen molar-refractivity contribution in [2.75, 3.05) is 5.73 Å². The highest BCUT2D eigenvalue weighted by atomic mass is 19.1. The van der Waals surface area contributed by atoms with Crippen LogP contribution in [0.25, 0.3) is 0 Å². The second kappa shape index (κ2) is 6.60. The van der Waals surface area contributed by atoms with Crippen molar-refractivity contribution in [3.63, 3.8) is 0 Å². The van der Waals surface area contributed by atoms with E-state index in [9.17, 15) is 9.18 Å². The number of amides is 1. The van der Waals surface area contributed by atoms with Gasteiger partial charge in [0.2, 0.25) is 0 Å². The molecule has 138 valence electrons. The van der Waals surface area contributed by atoms with E-state index in [0.29, 0.717) is 17.0 Å². The van der Waals surface area contributed by atoms with Crippen LogP contribution in [0.1, 0.15) is 24.2 Å². The normalized spacial score (nSPS) is 16.0. The van der Waals surface area contributed by atoms with Gasteiger partial charge in [-0.25, -0.2) is 9.18 Å². The molecule has 0 saturated heterocycles. The fraction of sp³-hybridized carbons (Fsp3) is 0.167. The number of halogens is 1. The number of hydrogen-bond acceptors (Lipinski definition) is 7. The minimum Gasteiger partial charge on any atom is -0.417 e. The molecule has 3 heterocycles. The van der Waals surface area contributed by atoms with E-state index in [-0.39, 0.29) is 24.1 Å². The number of benzene rings is 1. The Labute approximate surface area is 153 Å². The summed E-state index contributed by atoms with van der Waals surface area (Å²) in [7, 11) is 0. The first-order valence-corrected chi connectivity index (χ1v) is 8.11. The zero-order chi connectivity index (χ0) is 19.0. The number of carbonyl (C=O) groups is 1. The lowest BCUT2D eigenvalue weighted by Gasteiger charge is -2.33. The topological polar surface area (TPSA) is 104 Å². The third kappa shape index (κ3) is 3.14. The van der Waals surface area contributed by atoms with E-state index >= 15 is 0 Å². The fourth-order valence-electron chi connectivity index (χ4n) is 2.82. The highest BCUT2D eigenvalue weighted by Gasteiger charge is 2.33. The number of aromatic nitrogens is 2. The summed E-state index contributed by atoms with van der Waals surface area (Å²) in [6.45, 7) is 1.79. The van der Waals surface area contributed by atoms with E-state index in [4.69, 9.17) is 19.6 Å². The summed E-state index contributed by atoms with van der Waals surface area (Å²) in [5, 5.41) is 0. The van der Waals surface area contributed by atoms with Gasteiger partial charge in [0.05, 0.1) is 30.7 Å². The minimum atomic E-state index is -0.619. The summed E-state index contributed by atoms with van der Waals surface area (Å²) in [4.78, 5) is 22.0. The van der Waals surface area contributed by atoms with E-state index in [0.717, 1.165) is 0 Å². The first-order chi connectivity index (χ1) is 13.0. The van der Waals surface area contributed by atoms with Crippen LogP contribution in [0.5, 0.6) is 17.6 Å². The van der Waals surface area contributed by atoms with E-state index < -0.39 is 18.0 Å². The van der Waals surface area contributed by atoms with Crippen LogP contribution in [0.15, 0.2) is 47.3 Å². The smallest absolute Gasteiger partial charge is 0.416 e. The molecule has 1 aliphatic rings. The largest absolute Gasteiger partial charge is 0.417 e. The Morgan fingerprint density at radius 3 is 3.00 bits per heavy atom. The number of hydrogen-bond donors (Lipinski definition) is 1. The molecule has 1 amide bonds. The number of carbonyl (C=O) groups excluding carboxylic acids is 1. The standard InChI is InChI=1S/C18H15FN4O4/c1-10-16-14(7-12(8-22-16)26-17-21-5-6-25-17)27-18(24)23(10)9-11-3-2-4-13(20)15(11)19/h2-8,10H,9,20H2,1H3/t10-/m0/s1. The van der Waals surface area contributed by atoms with Crippen LogP contribution in [0.2, 0.25) is 0 Å². The van der Waals surface area contributed by atoms with Gasteiger partial charge in [0.15, 0.2) is 17.3 Å². The number of anilines is 1. The van der Waals surface area contributed by atoms with Gasteiger partial charge in [-0.05, 0) is 13.0 Å². The Morgan fingerprint density at radius 2 is 2.22 bits per heavy atom. The molecule has 2 aromatic heterocycles. The average molecular weight is 370 g/mol. The minimum absolute atomic E-state index is 0.00651. The van der Waals surface area contributed by atoms with Gasteiger partial charge < -0.3 is 19.6 Å². The van der Waals surface area contributed by atoms with E-state index in [1.165, 1.54) is 35.7 Å². The zero-order valence-corrected chi connectivity index (χ0v) is 14.3. The third-order valence-corrected chi connectivity index (χ3v) is 4.22. The fourth-order valence-corrected chi connectivity index (χ4v) is 2.82. The molecule has 4 rings (SSSR count). The molecule has 0 unspecified atom stereocenters. The lowest BCUT2D eigenvalue weighted by molar-refractivity contribution is 0.114. The number of oxazole rings is 1. The zero-order valence-electron chi connectivity index (χ0n) is 14.3. The lowest BCUT2D eigenvalue weighted by atomic mass is 10.1. The Kier molecular flexibility index (Phi) is 4.11. The second-order valence-electron chi connectivity index (χ2n) is 5.95. The molecule has 0 fully saturated rings. The van der Waals surface area contributed by atoms with Crippen LogP contribution < -0.4 is 15.2 Å². The van der Waals surface area contributed by atoms with Gasteiger partial charge in [-0.2, -0.15) is 4.98 Å². The van der Waals surface area contributed by atoms with Crippen molar-refractivity contribution in [3.05, 3.63) is 60.0 Å². The maximum Gasteiger partial charge on any atom is 0.416 e. The second-order valence-corrected chi connectivity index (χ2v) is 5.95. The van der Waals surface area contributed by atoms with Crippen LogP contribution in [-0.4, -0.2) is 21.0 Å². The maximum atomic E-state index is 14.2. The molecule has 9 heteroatoms. The average Bonchev–Trinajstić information content (AvgIpc) is 3.15. The summed E-state index contributed by atoms with van der Waals surface area (Å²) in [6.07, 6.45) is 3.71. The number of fused-ring (bicyclic) bond motifs is 1. The highest BCUT2D eigenvalue weighted by molar-refractivity contribution is 5.74. The van der Waals surface area contributed by atoms with Crippen LogP contribution in [0.4, 0.5) is 14.9 Å². The first-order valence-electron chi connectivity index (χ1n) is 8.11. The highest BCUT2D eigenvalue weighted by Crippen LogP contribution is 2.37. The van der Waals surface area contributed by atoms with Crippen molar-refractivity contribution in [2.24, 2.45) is 0 Å². The summed E-state index contributed by atoms with van der Waals surface area (Å²) in [5.74, 6) is 0.0262. The number of rotatable bonds is 4. The molecule has 0 radical (unpaired) electrons. The Balaban J connectivity index is 1.59. The molecule has 0 aliphatic carbocycles. The molecule has 0 saturated carbocycles. The summed E-state index contributed by atoms with van der Waals surface area (Å²) in [6, 6.07) is 5.76. The number of nitrogens with two attached hydrogens (primary N) is 1. The molecular formula is C18H15FN4O4. The molecule has 0 bridgehead atoms. The van der Waals surface area contributed by atoms with E-state index in [1.54, 1.807) is 19.1 Å². The van der Waals surface area contributed by atoms with Crippen molar-refractivity contribution < 1.29 is 23.1 Å². The van der Waals surface area contributed by atoms with Gasteiger partial charge in [0.1, 0.15) is 12.0 Å². The quantitative estimate of drug-likeness (QED) is 0.699. The van der Waals surface area contributed by atoms with Crippen molar-refractivity contribution in [3.8, 4) is 17.6 Å². The Hall–Kier alpha value is -3.62. The molecule has 27 heavy (non-hydrogen) atoms. The van der Waals surface area contributed by atoms with Gasteiger partial charge in [-0.15, -0.1) is 0 Å². The SMILES string of the molecule is C[C@H]1c2ncc(Oc3ncco3)cc2OC(=O)N1Cc1cccc(N)c1F. The summed E-state index contributed by atoms with van der Waals surface area (Å²) >= 11 is 0. The predicted octanol–water partition coefficient (Wildman–Crippen LogP) is 3.66. The monoisotopic (exact) mass is 370 g/mol. The van der Waals surface area contributed by atoms with Crippen LogP contribution in [0, 0.1) is 5.82 Å². The molecule has 0 spiro atoms. The van der Waals surface area contributed by atoms with E-state index in [1.807, 2.05) is 0 Å². The number of nitrogen functional groups attached to an aromatic ring is 1. The molecule has 1 aromatic carbocycles. The maximum absolute atomic E-state index is 14.2. The van der Waals surface area contributed by atoms with Crippen LogP contribution in [0.3, 0.4) is 0 Å². The van der Waals surface area contributed by atoms with E-state index in [2.05, 4.69) is 9.97 Å². The molecule has 8 nitrogen and oxygen atoms in total. The van der Waals surface area contributed by atoms with Crippen molar-refractivity contribution >= 4 is 11.8 Å². The Morgan fingerprint density at radius 1 is 1.37 bits per heavy atom. The summed E-state index contributed by atoms with van der Waals surface area (Å²) in [5.41, 5.74) is 6.44. The van der Waals surface area contributed by atoms with Crippen LogP contribution >= 0.6 is 0 Å². The predicted molar refractivity (Wildman–Crippen MR) is 91.6 cm³/mol. The molecule has 1 atom stereocenters. The molecule has 3 aromatic rings. The van der Waals surface area contributed by atoms with Gasteiger partial charge >= 0.3 is 12.2 Å². The first kappa shape index (κ1) is 16.8. The molecule has 2 N–H and O–H groups in total. The number of ether oxygens (including phenoxy) is 2. The van der Waals surface area contributed by atoms with Crippen molar-refractivity contribution in [1.29, 1.82) is 0 Å². The number of pyridine rings is 1. The molecular weight excluding hydrogens is 355 g/mol. The molecule has 1 aliphatic heterocycles. The van der Waals surface area contributed by atoms with Crippen molar-refractivity contribution in [2.45, 2.75) is 19.5 Å². The van der Waals surface area contributed by atoms with Gasteiger partial charge in [-0.3, -0.25) is 9.88 Å². The van der Waals surface area contributed by atoms with Crippen LogP contribution in [-0.2, 0) is 6.54 Å².